The predicted octanol–water partition coefficient (Wildman–Crippen LogP) is 3.74. The Bertz CT molecular complexity index is 958. The number of nitrogens with zero attached hydrogens (tertiary/aromatic N) is 1. The molecule has 0 amide bonds. The zero-order valence-corrected chi connectivity index (χ0v) is 13.5. The number of carbonyl (C=O) groups excluding carboxylic acids is 1. The lowest BCUT2D eigenvalue weighted by Gasteiger charge is -2.06. The molecule has 0 N–H and O–H groups in total. The van der Waals surface area contributed by atoms with Gasteiger partial charge in [-0.15, -0.1) is 0 Å². The molecule has 0 saturated heterocycles. The van der Waals surface area contributed by atoms with Crippen LogP contribution in [0.2, 0.25) is 10.0 Å². The van der Waals surface area contributed by atoms with Crippen molar-refractivity contribution in [3.63, 3.8) is 0 Å². The summed E-state index contributed by atoms with van der Waals surface area (Å²) >= 11 is 12.0. The highest BCUT2D eigenvalue weighted by Crippen LogP contribution is 2.23. The maximum Gasteiger partial charge on any atom is 0.420 e. The first-order chi connectivity index (χ1) is 11.0. The largest absolute Gasteiger partial charge is 0.465 e. The molecule has 0 bridgehead atoms. The Hall–Kier alpha value is -2.24. The quantitative estimate of drug-likeness (QED) is 0.674. The topological polar surface area (TPSA) is 61.4 Å². The van der Waals surface area contributed by atoms with Crippen molar-refractivity contribution in [1.29, 1.82) is 0 Å². The summed E-state index contributed by atoms with van der Waals surface area (Å²) in [4.78, 5) is 23.6. The standard InChI is InChI=1S/C16H11Cl2NO4/c1-22-15(20)9-3-5-13-14(6-9)23-16(21)19(13)8-10-2-4-11(17)7-12(10)18/h2-7H,8H2,1H3. The maximum absolute atomic E-state index is 12.1. The van der Waals surface area contributed by atoms with Crippen LogP contribution in [0.5, 0.6) is 0 Å². The monoisotopic (exact) mass is 351 g/mol. The number of rotatable bonds is 3. The van der Waals surface area contributed by atoms with Crippen molar-refractivity contribution < 1.29 is 13.9 Å². The molecule has 1 heterocycles. The van der Waals surface area contributed by atoms with Gasteiger partial charge >= 0.3 is 11.7 Å². The fraction of sp³-hybridized carbons (Fsp3) is 0.125. The molecule has 0 spiro atoms. The number of oxazole rings is 1. The van der Waals surface area contributed by atoms with Crippen LogP contribution in [0.3, 0.4) is 0 Å². The summed E-state index contributed by atoms with van der Waals surface area (Å²) in [5, 5.41) is 0.982. The number of halogens is 2. The Balaban J connectivity index is 2.06. The molecule has 5 nitrogen and oxygen atoms in total. The van der Waals surface area contributed by atoms with Crippen LogP contribution in [0.4, 0.5) is 0 Å². The molecular weight excluding hydrogens is 341 g/mol. The molecule has 23 heavy (non-hydrogen) atoms. The molecule has 0 aliphatic carbocycles. The Morgan fingerprint density at radius 3 is 2.70 bits per heavy atom. The third-order valence-corrected chi connectivity index (χ3v) is 4.02. The van der Waals surface area contributed by atoms with Crippen LogP contribution in [0.15, 0.2) is 45.6 Å². The lowest BCUT2D eigenvalue weighted by Crippen LogP contribution is -2.15. The molecule has 118 valence electrons. The van der Waals surface area contributed by atoms with Crippen molar-refractivity contribution in [2.45, 2.75) is 6.54 Å². The first-order valence-electron chi connectivity index (χ1n) is 6.65. The van der Waals surface area contributed by atoms with Crippen molar-refractivity contribution in [3.05, 3.63) is 68.1 Å². The lowest BCUT2D eigenvalue weighted by atomic mass is 10.2. The molecular formula is C16H11Cl2NO4. The minimum Gasteiger partial charge on any atom is -0.465 e. The van der Waals surface area contributed by atoms with Gasteiger partial charge in [-0.2, -0.15) is 0 Å². The van der Waals surface area contributed by atoms with E-state index in [-0.39, 0.29) is 6.54 Å². The van der Waals surface area contributed by atoms with Gasteiger partial charge in [0.15, 0.2) is 5.58 Å². The van der Waals surface area contributed by atoms with Crippen molar-refractivity contribution in [1.82, 2.24) is 4.57 Å². The molecule has 0 atom stereocenters. The van der Waals surface area contributed by atoms with Crippen molar-refractivity contribution in [2.75, 3.05) is 7.11 Å². The van der Waals surface area contributed by atoms with E-state index in [0.29, 0.717) is 26.7 Å². The predicted molar refractivity (Wildman–Crippen MR) is 87.4 cm³/mol. The summed E-state index contributed by atoms with van der Waals surface area (Å²) in [5.74, 6) is -1.03. The number of hydrogen-bond donors (Lipinski definition) is 0. The van der Waals surface area contributed by atoms with Gasteiger partial charge < -0.3 is 9.15 Å². The van der Waals surface area contributed by atoms with Crippen molar-refractivity contribution in [2.24, 2.45) is 0 Å². The van der Waals surface area contributed by atoms with Crippen molar-refractivity contribution >= 4 is 40.3 Å². The lowest BCUT2D eigenvalue weighted by molar-refractivity contribution is 0.0601. The average Bonchev–Trinajstić information content (AvgIpc) is 2.84. The molecule has 2 aromatic carbocycles. The third-order valence-electron chi connectivity index (χ3n) is 3.43. The van der Waals surface area contributed by atoms with E-state index in [0.717, 1.165) is 5.56 Å². The normalized spacial score (nSPS) is 10.9. The van der Waals surface area contributed by atoms with Gasteiger partial charge in [-0.3, -0.25) is 4.57 Å². The van der Waals surface area contributed by atoms with E-state index < -0.39 is 11.7 Å². The summed E-state index contributed by atoms with van der Waals surface area (Å²) < 4.78 is 11.3. The smallest absolute Gasteiger partial charge is 0.420 e. The average molecular weight is 352 g/mol. The van der Waals surface area contributed by atoms with E-state index in [9.17, 15) is 9.59 Å². The Morgan fingerprint density at radius 2 is 2.00 bits per heavy atom. The van der Waals surface area contributed by atoms with Crippen LogP contribution in [0.1, 0.15) is 15.9 Å². The second kappa shape index (κ2) is 6.10. The third kappa shape index (κ3) is 2.98. The zero-order chi connectivity index (χ0) is 16.6. The second-order valence-electron chi connectivity index (χ2n) is 4.86. The second-order valence-corrected chi connectivity index (χ2v) is 5.71. The molecule has 1 aromatic heterocycles. The van der Waals surface area contributed by atoms with Crippen LogP contribution in [-0.4, -0.2) is 17.6 Å². The molecule has 0 radical (unpaired) electrons. The van der Waals surface area contributed by atoms with Crippen LogP contribution in [0.25, 0.3) is 11.1 Å². The van der Waals surface area contributed by atoms with Crippen LogP contribution in [-0.2, 0) is 11.3 Å². The summed E-state index contributed by atoms with van der Waals surface area (Å²) in [7, 11) is 1.29. The minimum absolute atomic E-state index is 0.236. The zero-order valence-electron chi connectivity index (χ0n) is 12.0. The molecule has 0 unspecified atom stereocenters. The highest BCUT2D eigenvalue weighted by atomic mass is 35.5. The summed E-state index contributed by atoms with van der Waals surface area (Å²) in [6.07, 6.45) is 0. The number of fused-ring (bicyclic) bond motifs is 1. The van der Waals surface area contributed by atoms with Gasteiger partial charge in [0.25, 0.3) is 0 Å². The Morgan fingerprint density at radius 1 is 1.22 bits per heavy atom. The van der Waals surface area contributed by atoms with Gasteiger partial charge in [-0.05, 0) is 35.9 Å². The number of esters is 1. The van der Waals surface area contributed by atoms with E-state index in [1.807, 2.05) is 0 Å². The van der Waals surface area contributed by atoms with Crippen molar-refractivity contribution in [3.8, 4) is 0 Å². The minimum atomic E-state index is -0.534. The van der Waals surface area contributed by atoms with Gasteiger partial charge in [0, 0.05) is 10.0 Å². The van der Waals surface area contributed by atoms with E-state index >= 15 is 0 Å². The highest BCUT2D eigenvalue weighted by molar-refractivity contribution is 6.35. The Labute approximate surface area is 141 Å². The molecule has 0 aliphatic rings. The number of aromatic nitrogens is 1. The molecule has 3 rings (SSSR count). The highest BCUT2D eigenvalue weighted by Gasteiger charge is 2.14. The summed E-state index contributed by atoms with van der Waals surface area (Å²) in [6.45, 7) is 0.236. The maximum atomic E-state index is 12.1. The van der Waals surface area contributed by atoms with Gasteiger partial charge in [0.2, 0.25) is 0 Å². The van der Waals surface area contributed by atoms with Gasteiger partial charge in [0.1, 0.15) is 0 Å². The van der Waals surface area contributed by atoms with Gasteiger partial charge in [-0.25, -0.2) is 9.59 Å². The summed E-state index contributed by atoms with van der Waals surface area (Å²) in [6, 6.07) is 9.74. The molecule has 3 aromatic rings. The SMILES string of the molecule is COC(=O)c1ccc2c(c1)oc(=O)n2Cc1ccc(Cl)cc1Cl. The number of ether oxygens (including phenoxy) is 1. The van der Waals surface area contributed by atoms with Gasteiger partial charge in [0.05, 0.1) is 24.7 Å². The fourth-order valence-electron chi connectivity index (χ4n) is 2.28. The molecule has 7 heteroatoms. The van der Waals surface area contributed by atoms with E-state index in [4.69, 9.17) is 27.6 Å². The van der Waals surface area contributed by atoms with E-state index in [2.05, 4.69) is 4.74 Å². The first-order valence-corrected chi connectivity index (χ1v) is 7.41. The number of methoxy groups -OCH3 is 1. The van der Waals surface area contributed by atoms with Crippen LogP contribution < -0.4 is 5.76 Å². The first kappa shape index (κ1) is 15.6. The summed E-state index contributed by atoms with van der Waals surface area (Å²) in [5.41, 5.74) is 1.92. The molecule has 0 fully saturated rings. The number of hydrogen-bond acceptors (Lipinski definition) is 4. The fourth-order valence-corrected chi connectivity index (χ4v) is 2.75. The van der Waals surface area contributed by atoms with Crippen LogP contribution in [0, 0.1) is 0 Å². The van der Waals surface area contributed by atoms with Gasteiger partial charge in [-0.1, -0.05) is 29.3 Å². The molecule has 0 saturated carbocycles. The van der Waals surface area contributed by atoms with E-state index in [1.165, 1.54) is 17.7 Å². The number of carbonyl (C=O) groups is 1. The number of benzene rings is 2. The molecule has 0 aliphatic heterocycles. The Kier molecular flexibility index (Phi) is 4.15. The van der Waals surface area contributed by atoms with Crippen LogP contribution >= 0.6 is 23.2 Å². The van der Waals surface area contributed by atoms with E-state index in [1.54, 1.807) is 30.3 Å².